The van der Waals surface area contributed by atoms with Gasteiger partial charge in [0.25, 0.3) is 5.91 Å². The average molecular weight is 332 g/mol. The van der Waals surface area contributed by atoms with Gasteiger partial charge in [-0.3, -0.25) is 9.79 Å². The summed E-state index contributed by atoms with van der Waals surface area (Å²) in [6, 6.07) is 5.33. The van der Waals surface area contributed by atoms with Gasteiger partial charge in [0.2, 0.25) is 0 Å². The summed E-state index contributed by atoms with van der Waals surface area (Å²) in [4.78, 5) is 17.4. The van der Waals surface area contributed by atoms with Crippen LogP contribution in [-0.2, 0) is 4.79 Å². The number of carbonyl (C=O) groups excluding carboxylic acids is 1. The van der Waals surface area contributed by atoms with Crippen LogP contribution in [0.1, 0.15) is 37.7 Å². The number of phenolic OH excluding ortho intramolecular Hbond substituents is 1. The van der Waals surface area contributed by atoms with Crippen LogP contribution in [0.25, 0.3) is 6.08 Å². The van der Waals surface area contributed by atoms with E-state index < -0.39 is 0 Å². The van der Waals surface area contributed by atoms with Gasteiger partial charge in [0, 0.05) is 0 Å². The first-order valence-electron chi connectivity index (χ1n) is 7.81. The van der Waals surface area contributed by atoms with Gasteiger partial charge in [0.05, 0.1) is 18.1 Å². The van der Waals surface area contributed by atoms with Gasteiger partial charge in [-0.2, -0.15) is 0 Å². The lowest BCUT2D eigenvalue weighted by molar-refractivity contribution is -0.115. The number of carbonyl (C=O) groups is 1. The Morgan fingerprint density at radius 3 is 2.87 bits per heavy atom. The molecule has 0 spiro atoms. The fraction of sp³-hybridized carbons (Fsp3) is 0.412. The third-order valence-electron chi connectivity index (χ3n) is 4.03. The van der Waals surface area contributed by atoms with Crippen molar-refractivity contribution in [3.8, 4) is 11.5 Å². The summed E-state index contributed by atoms with van der Waals surface area (Å²) in [5, 5.41) is 13.2. The number of benzene rings is 1. The highest BCUT2D eigenvalue weighted by molar-refractivity contribution is 8.18. The Hall–Kier alpha value is -1.95. The second-order valence-electron chi connectivity index (χ2n) is 5.72. The number of hydrogen-bond donors (Lipinski definition) is 2. The molecule has 1 aliphatic heterocycles. The van der Waals surface area contributed by atoms with Gasteiger partial charge in [-0.15, -0.1) is 0 Å². The van der Waals surface area contributed by atoms with E-state index in [9.17, 15) is 9.90 Å². The fourth-order valence-electron chi connectivity index (χ4n) is 2.80. The molecule has 5 nitrogen and oxygen atoms in total. The number of nitrogens with zero attached hydrogens (tertiary/aromatic N) is 1. The SMILES string of the molecule is COc1cc(/C=C2\SC(=NC3CCCCC3)NC2=O)ccc1O. The van der Waals surface area contributed by atoms with Crippen molar-refractivity contribution in [2.75, 3.05) is 7.11 Å². The number of phenols is 1. The first-order chi connectivity index (χ1) is 11.2. The Bertz CT molecular complexity index is 664. The Balaban J connectivity index is 1.75. The summed E-state index contributed by atoms with van der Waals surface area (Å²) in [6.07, 6.45) is 7.72. The van der Waals surface area contributed by atoms with Crippen LogP contribution in [0.4, 0.5) is 0 Å². The van der Waals surface area contributed by atoms with Crippen LogP contribution in [0, 0.1) is 0 Å². The molecule has 122 valence electrons. The molecule has 1 saturated carbocycles. The predicted octanol–water partition coefficient (Wildman–Crippen LogP) is 3.29. The topological polar surface area (TPSA) is 70.9 Å². The summed E-state index contributed by atoms with van der Waals surface area (Å²) in [5.74, 6) is 0.341. The summed E-state index contributed by atoms with van der Waals surface area (Å²) >= 11 is 1.37. The molecule has 0 unspecified atom stereocenters. The molecule has 1 amide bonds. The first kappa shape index (κ1) is 15.9. The van der Waals surface area contributed by atoms with Crippen molar-refractivity contribution in [2.45, 2.75) is 38.1 Å². The van der Waals surface area contributed by atoms with E-state index in [4.69, 9.17) is 4.74 Å². The molecule has 0 radical (unpaired) electrons. The maximum absolute atomic E-state index is 12.1. The molecule has 1 saturated heterocycles. The molecule has 2 aliphatic rings. The van der Waals surface area contributed by atoms with Crippen molar-refractivity contribution < 1.29 is 14.6 Å². The van der Waals surface area contributed by atoms with E-state index in [1.54, 1.807) is 24.3 Å². The number of nitrogens with one attached hydrogen (secondary N) is 1. The Morgan fingerprint density at radius 2 is 2.13 bits per heavy atom. The monoisotopic (exact) mass is 332 g/mol. The molecule has 23 heavy (non-hydrogen) atoms. The lowest BCUT2D eigenvalue weighted by Crippen LogP contribution is -2.22. The molecule has 2 N–H and O–H groups in total. The van der Waals surface area contributed by atoms with E-state index >= 15 is 0 Å². The van der Waals surface area contributed by atoms with Crippen molar-refractivity contribution in [3.63, 3.8) is 0 Å². The van der Waals surface area contributed by atoms with Crippen molar-refractivity contribution in [2.24, 2.45) is 4.99 Å². The van der Waals surface area contributed by atoms with Crippen molar-refractivity contribution >= 4 is 28.9 Å². The molecule has 1 aliphatic carbocycles. The summed E-state index contributed by atoms with van der Waals surface area (Å²) < 4.78 is 5.09. The maximum atomic E-state index is 12.1. The highest BCUT2D eigenvalue weighted by Gasteiger charge is 2.25. The quantitative estimate of drug-likeness (QED) is 0.833. The zero-order valence-electron chi connectivity index (χ0n) is 13.0. The second kappa shape index (κ2) is 7.08. The number of rotatable bonds is 3. The molecule has 0 bridgehead atoms. The van der Waals surface area contributed by atoms with E-state index in [0.717, 1.165) is 18.4 Å². The molecule has 0 aromatic heterocycles. The van der Waals surface area contributed by atoms with Gasteiger partial charge >= 0.3 is 0 Å². The number of ether oxygens (including phenoxy) is 1. The number of methoxy groups -OCH3 is 1. The van der Waals surface area contributed by atoms with Crippen LogP contribution in [0.5, 0.6) is 11.5 Å². The number of aromatic hydroxyl groups is 1. The predicted molar refractivity (Wildman–Crippen MR) is 92.7 cm³/mol. The van der Waals surface area contributed by atoms with Crippen LogP contribution in [0.2, 0.25) is 0 Å². The molecule has 3 rings (SSSR count). The van der Waals surface area contributed by atoms with Crippen LogP contribution in [0.3, 0.4) is 0 Å². The summed E-state index contributed by atoms with van der Waals surface area (Å²) in [6.45, 7) is 0. The van der Waals surface area contributed by atoms with Gasteiger partial charge < -0.3 is 15.2 Å². The fourth-order valence-corrected chi connectivity index (χ4v) is 3.69. The third-order valence-corrected chi connectivity index (χ3v) is 4.95. The van der Waals surface area contributed by atoms with Crippen LogP contribution >= 0.6 is 11.8 Å². The largest absolute Gasteiger partial charge is 0.504 e. The molecule has 6 heteroatoms. The lowest BCUT2D eigenvalue weighted by Gasteiger charge is -2.17. The van der Waals surface area contributed by atoms with Crippen LogP contribution in [-0.4, -0.2) is 29.3 Å². The van der Waals surface area contributed by atoms with Crippen molar-refractivity contribution in [1.82, 2.24) is 5.32 Å². The maximum Gasteiger partial charge on any atom is 0.264 e. The molecule has 0 atom stereocenters. The van der Waals surface area contributed by atoms with E-state index in [2.05, 4.69) is 10.3 Å². The summed E-state index contributed by atoms with van der Waals surface area (Å²) in [7, 11) is 1.50. The van der Waals surface area contributed by atoms with Gasteiger partial charge in [0.1, 0.15) is 0 Å². The van der Waals surface area contributed by atoms with Gasteiger partial charge in [-0.1, -0.05) is 25.3 Å². The highest BCUT2D eigenvalue weighted by Crippen LogP contribution is 2.31. The van der Waals surface area contributed by atoms with Gasteiger partial charge in [-0.25, -0.2) is 0 Å². The molecule has 1 aromatic carbocycles. The van der Waals surface area contributed by atoms with E-state index in [1.165, 1.54) is 38.1 Å². The number of thioether (sulfide) groups is 1. The van der Waals surface area contributed by atoms with Gasteiger partial charge in [-0.05, 0) is 48.4 Å². The number of amidine groups is 1. The zero-order valence-corrected chi connectivity index (χ0v) is 13.9. The van der Waals surface area contributed by atoms with Crippen LogP contribution < -0.4 is 10.1 Å². The van der Waals surface area contributed by atoms with E-state index in [1.807, 2.05) is 0 Å². The minimum atomic E-state index is -0.128. The minimum Gasteiger partial charge on any atom is -0.504 e. The van der Waals surface area contributed by atoms with Crippen molar-refractivity contribution in [3.05, 3.63) is 28.7 Å². The smallest absolute Gasteiger partial charge is 0.264 e. The molecule has 1 heterocycles. The number of hydrogen-bond acceptors (Lipinski definition) is 5. The van der Waals surface area contributed by atoms with E-state index in [0.29, 0.717) is 21.9 Å². The van der Waals surface area contributed by atoms with E-state index in [-0.39, 0.29) is 11.7 Å². The third kappa shape index (κ3) is 3.88. The molecule has 2 fully saturated rings. The lowest BCUT2D eigenvalue weighted by atomic mass is 9.96. The zero-order chi connectivity index (χ0) is 16.2. The average Bonchev–Trinajstić information content (AvgIpc) is 2.89. The number of amides is 1. The van der Waals surface area contributed by atoms with Gasteiger partial charge in [0.15, 0.2) is 16.7 Å². The Morgan fingerprint density at radius 1 is 1.35 bits per heavy atom. The highest BCUT2D eigenvalue weighted by atomic mass is 32.2. The normalized spacial score (nSPS) is 22.6. The minimum absolute atomic E-state index is 0.0812. The molecular weight excluding hydrogens is 312 g/mol. The first-order valence-corrected chi connectivity index (χ1v) is 8.63. The summed E-state index contributed by atoms with van der Waals surface area (Å²) in [5.41, 5.74) is 0.802. The van der Waals surface area contributed by atoms with Crippen LogP contribution in [0.15, 0.2) is 28.1 Å². The Labute approximate surface area is 139 Å². The second-order valence-corrected chi connectivity index (χ2v) is 6.75. The molecule has 1 aromatic rings. The Kier molecular flexibility index (Phi) is 4.91. The molecular formula is C17H20N2O3S. The number of aliphatic imine (C=N–C) groups is 1. The van der Waals surface area contributed by atoms with Crippen molar-refractivity contribution in [1.29, 1.82) is 0 Å². The standard InChI is InChI=1S/C17H20N2O3S/c1-22-14-9-11(7-8-13(14)20)10-15-16(21)19-17(23-15)18-12-5-3-2-4-6-12/h7-10,12,20H,2-6H2,1H3,(H,18,19,21)/b15-10-.